The van der Waals surface area contributed by atoms with E-state index in [4.69, 9.17) is 16.3 Å². The second-order valence-corrected chi connectivity index (χ2v) is 8.71. The molecule has 0 saturated carbocycles. The van der Waals surface area contributed by atoms with E-state index in [1.807, 2.05) is 35.7 Å². The Morgan fingerprint density at radius 2 is 2.03 bits per heavy atom. The number of pyridine rings is 1. The smallest absolute Gasteiger partial charge is 0.254 e. The number of benzene rings is 1. The Balaban J connectivity index is 1.69. The van der Waals surface area contributed by atoms with E-state index < -0.39 is 0 Å². The fourth-order valence-electron chi connectivity index (χ4n) is 4.80. The van der Waals surface area contributed by atoms with Gasteiger partial charge in [-0.25, -0.2) is 0 Å². The largest absolute Gasteiger partial charge is 0.497 e. The molecule has 0 unspecified atom stereocenters. The van der Waals surface area contributed by atoms with Crippen molar-refractivity contribution in [3.05, 3.63) is 63.0 Å². The van der Waals surface area contributed by atoms with Crippen LogP contribution in [0.2, 0.25) is 5.02 Å². The van der Waals surface area contributed by atoms with E-state index in [1.54, 1.807) is 31.4 Å². The Morgan fingerprint density at radius 3 is 2.76 bits per heavy atom. The number of aromatic nitrogens is 1. The first kappa shape index (κ1) is 20.0. The van der Waals surface area contributed by atoms with Gasteiger partial charge in [0.25, 0.3) is 11.5 Å². The lowest BCUT2D eigenvalue weighted by atomic mass is 9.78. The molecule has 2 bridgehead atoms. The van der Waals surface area contributed by atoms with Crippen molar-refractivity contribution in [3.8, 4) is 5.75 Å². The van der Waals surface area contributed by atoms with Gasteiger partial charge in [0, 0.05) is 47.9 Å². The van der Waals surface area contributed by atoms with Crippen LogP contribution in [0.4, 0.5) is 0 Å². The van der Waals surface area contributed by atoms with Crippen LogP contribution in [0.25, 0.3) is 0 Å². The van der Waals surface area contributed by atoms with Gasteiger partial charge in [-0.2, -0.15) is 0 Å². The second kappa shape index (κ2) is 7.84. The molecule has 7 heteroatoms. The van der Waals surface area contributed by atoms with Gasteiger partial charge in [0.05, 0.1) is 13.2 Å². The molecule has 154 valence electrons. The number of hydrogen-bond acceptors (Lipinski definition) is 4. The van der Waals surface area contributed by atoms with E-state index >= 15 is 0 Å². The summed E-state index contributed by atoms with van der Waals surface area (Å²) in [6.07, 6.45) is 0.991. The predicted octanol–water partition coefficient (Wildman–Crippen LogP) is 2.87. The molecular formula is C22H26ClN3O3. The highest BCUT2D eigenvalue weighted by Crippen LogP contribution is 2.41. The van der Waals surface area contributed by atoms with Gasteiger partial charge >= 0.3 is 0 Å². The van der Waals surface area contributed by atoms with Gasteiger partial charge < -0.3 is 19.1 Å². The van der Waals surface area contributed by atoms with Gasteiger partial charge in [0.2, 0.25) is 0 Å². The summed E-state index contributed by atoms with van der Waals surface area (Å²) in [5, 5.41) is 0.479. The standard InChI is InChI=1S/C22H26ClN3O3/c1-24(2)13-20-16-7-15(19-5-4-6-21(27)26(19)20)11-25(12-16)22(28)14-8-17(23)10-18(9-14)29-3/h4-6,8-10,15-16,20H,7,11-13H2,1-3H3/t15-,16+,20+/m1/s1. The highest BCUT2D eigenvalue weighted by atomic mass is 35.5. The van der Waals surface area contributed by atoms with Crippen molar-refractivity contribution in [3.63, 3.8) is 0 Å². The maximum Gasteiger partial charge on any atom is 0.254 e. The molecule has 2 aromatic rings. The quantitative estimate of drug-likeness (QED) is 0.770. The summed E-state index contributed by atoms with van der Waals surface area (Å²) in [5.41, 5.74) is 1.61. The van der Waals surface area contributed by atoms with E-state index in [0.717, 1.165) is 18.7 Å². The molecular weight excluding hydrogens is 390 g/mol. The van der Waals surface area contributed by atoms with Crippen molar-refractivity contribution in [2.24, 2.45) is 5.92 Å². The summed E-state index contributed by atoms with van der Waals surface area (Å²) in [7, 11) is 5.60. The van der Waals surface area contributed by atoms with Gasteiger partial charge in [-0.1, -0.05) is 17.7 Å². The van der Waals surface area contributed by atoms with E-state index in [0.29, 0.717) is 29.4 Å². The first-order valence-electron chi connectivity index (χ1n) is 9.87. The zero-order valence-electron chi connectivity index (χ0n) is 17.0. The van der Waals surface area contributed by atoms with E-state index in [1.165, 1.54) is 0 Å². The summed E-state index contributed by atoms with van der Waals surface area (Å²) in [4.78, 5) is 30.0. The minimum Gasteiger partial charge on any atom is -0.497 e. The molecule has 2 aliphatic rings. The Morgan fingerprint density at radius 1 is 1.24 bits per heavy atom. The molecule has 0 aliphatic carbocycles. The van der Waals surface area contributed by atoms with Crippen LogP contribution in [-0.2, 0) is 0 Å². The Kier molecular flexibility index (Phi) is 5.40. The van der Waals surface area contributed by atoms with Crippen molar-refractivity contribution in [2.75, 3.05) is 40.8 Å². The third kappa shape index (κ3) is 3.79. The van der Waals surface area contributed by atoms with Gasteiger partial charge in [-0.05, 0) is 50.7 Å². The minimum absolute atomic E-state index is 0.0448. The molecule has 4 rings (SSSR count). The number of nitrogens with zero attached hydrogens (tertiary/aromatic N) is 3. The van der Waals surface area contributed by atoms with Crippen molar-refractivity contribution < 1.29 is 9.53 Å². The maximum atomic E-state index is 13.3. The molecule has 1 amide bonds. The first-order valence-corrected chi connectivity index (χ1v) is 10.2. The number of piperidine rings is 1. The van der Waals surface area contributed by atoms with E-state index in [-0.39, 0.29) is 29.3 Å². The number of hydrogen-bond donors (Lipinski definition) is 0. The number of rotatable bonds is 4. The summed E-state index contributed by atoms with van der Waals surface area (Å²) < 4.78 is 7.23. The number of amides is 1. The molecule has 3 atom stereocenters. The zero-order chi connectivity index (χ0) is 20.7. The normalized spacial score (nSPS) is 23.1. The van der Waals surface area contributed by atoms with Crippen LogP contribution in [0.1, 0.15) is 34.4 Å². The molecule has 1 fully saturated rings. The third-order valence-electron chi connectivity index (χ3n) is 5.99. The van der Waals surface area contributed by atoms with Crippen LogP contribution in [0.3, 0.4) is 0 Å². The summed E-state index contributed by atoms with van der Waals surface area (Å²) in [6.45, 7) is 1.99. The average molecular weight is 416 g/mol. The van der Waals surface area contributed by atoms with Crippen molar-refractivity contribution in [1.82, 2.24) is 14.4 Å². The highest BCUT2D eigenvalue weighted by molar-refractivity contribution is 6.31. The minimum atomic E-state index is -0.0455. The van der Waals surface area contributed by atoms with Crippen molar-refractivity contribution in [2.45, 2.75) is 18.4 Å². The van der Waals surface area contributed by atoms with Crippen LogP contribution in [0, 0.1) is 5.92 Å². The number of ether oxygens (including phenoxy) is 1. The third-order valence-corrected chi connectivity index (χ3v) is 6.21. The van der Waals surface area contributed by atoms with Crippen LogP contribution in [-0.4, -0.2) is 61.1 Å². The number of likely N-dealkylation sites (tertiary alicyclic amines) is 1. The summed E-state index contributed by atoms with van der Waals surface area (Å²) in [5.74, 6) is 0.913. The maximum absolute atomic E-state index is 13.3. The summed E-state index contributed by atoms with van der Waals surface area (Å²) >= 11 is 6.18. The van der Waals surface area contributed by atoms with Gasteiger partial charge in [-0.15, -0.1) is 0 Å². The lowest BCUT2D eigenvalue weighted by Crippen LogP contribution is -2.52. The predicted molar refractivity (Wildman–Crippen MR) is 113 cm³/mol. The van der Waals surface area contributed by atoms with Crippen LogP contribution >= 0.6 is 11.6 Å². The fraction of sp³-hybridized carbons (Fsp3) is 0.455. The molecule has 6 nitrogen and oxygen atoms in total. The van der Waals surface area contributed by atoms with Gasteiger partial charge in [0.1, 0.15) is 5.75 Å². The number of likely N-dealkylation sites (N-methyl/N-ethyl adjacent to an activating group) is 1. The van der Waals surface area contributed by atoms with Crippen molar-refractivity contribution in [1.29, 1.82) is 0 Å². The van der Waals surface area contributed by atoms with Crippen molar-refractivity contribution >= 4 is 17.5 Å². The molecule has 2 aliphatic heterocycles. The Hall–Kier alpha value is -2.31. The second-order valence-electron chi connectivity index (χ2n) is 8.27. The molecule has 1 aromatic heterocycles. The molecule has 1 saturated heterocycles. The van der Waals surface area contributed by atoms with Gasteiger partial charge in [0.15, 0.2) is 0 Å². The molecule has 0 spiro atoms. The molecule has 0 N–H and O–H groups in total. The average Bonchev–Trinajstić information content (AvgIpc) is 2.69. The van der Waals surface area contributed by atoms with Crippen LogP contribution in [0.15, 0.2) is 41.2 Å². The molecule has 1 aromatic carbocycles. The van der Waals surface area contributed by atoms with Crippen LogP contribution < -0.4 is 10.3 Å². The van der Waals surface area contributed by atoms with Gasteiger partial charge in [-0.3, -0.25) is 9.59 Å². The number of carbonyl (C=O) groups excluding carboxylic acids is 1. The zero-order valence-corrected chi connectivity index (χ0v) is 17.7. The van der Waals surface area contributed by atoms with E-state index in [9.17, 15) is 9.59 Å². The SMILES string of the molecule is COc1cc(Cl)cc(C(=O)N2C[C@H]3C[C@@H](C2)[C@H](CN(C)C)n2c3cccc2=O)c1. The molecule has 0 radical (unpaired) electrons. The topological polar surface area (TPSA) is 54.8 Å². The monoisotopic (exact) mass is 415 g/mol. The number of methoxy groups -OCH3 is 1. The number of carbonyl (C=O) groups is 1. The first-order chi connectivity index (χ1) is 13.9. The Labute approximate surface area is 175 Å². The molecule has 3 heterocycles. The highest BCUT2D eigenvalue weighted by Gasteiger charge is 2.42. The lowest BCUT2D eigenvalue weighted by molar-refractivity contribution is 0.0498. The number of halogens is 1. The lowest BCUT2D eigenvalue weighted by Gasteiger charge is -2.47. The molecule has 29 heavy (non-hydrogen) atoms. The van der Waals surface area contributed by atoms with Crippen LogP contribution in [0.5, 0.6) is 5.75 Å². The fourth-order valence-corrected chi connectivity index (χ4v) is 5.03. The number of fused-ring (bicyclic) bond motifs is 4. The van der Waals surface area contributed by atoms with E-state index in [2.05, 4.69) is 4.90 Å². The summed E-state index contributed by atoms with van der Waals surface area (Å²) in [6, 6.07) is 10.6. The Bertz CT molecular complexity index is 988.